The maximum atomic E-state index is 3.66. The number of hydrogen-bond acceptors (Lipinski definition) is 6. The molecule has 2 aromatic heterocycles. The van der Waals surface area contributed by atoms with E-state index in [1.165, 1.54) is 33.7 Å². The fourth-order valence-electron chi connectivity index (χ4n) is 4.00. The largest absolute Gasteiger partial charge is 4.00 e. The molecule has 0 N–H and O–H groups in total. The zero-order valence-electron chi connectivity index (χ0n) is 15.3. The van der Waals surface area contributed by atoms with E-state index in [1.54, 1.807) is 0 Å². The van der Waals surface area contributed by atoms with Crippen molar-refractivity contribution in [3.8, 4) is 0 Å². The number of rotatable bonds is 0. The first-order chi connectivity index (χ1) is 12.8. The van der Waals surface area contributed by atoms with Gasteiger partial charge in [-0.25, -0.2) is 25.5 Å². The van der Waals surface area contributed by atoms with E-state index in [0.29, 0.717) is 0 Å². The van der Waals surface area contributed by atoms with Crippen LogP contribution in [-0.4, -0.2) is 45.8 Å². The molecule has 0 radical (unpaired) electrons. The smallest absolute Gasteiger partial charge is 0.441 e. The van der Waals surface area contributed by atoms with E-state index in [9.17, 15) is 0 Å². The van der Waals surface area contributed by atoms with Gasteiger partial charge < -0.3 is 19.6 Å². The molecular formula is C20H24N4PtS2. The van der Waals surface area contributed by atoms with E-state index in [2.05, 4.69) is 55.8 Å². The summed E-state index contributed by atoms with van der Waals surface area (Å²) in [6.07, 6.45) is 2.45. The normalized spacial score (nSPS) is 31.1. The summed E-state index contributed by atoms with van der Waals surface area (Å²) < 4.78 is 0. The molecular weight excluding hydrogens is 555 g/mol. The van der Waals surface area contributed by atoms with Crippen molar-refractivity contribution in [2.24, 2.45) is 0 Å². The Morgan fingerprint density at radius 2 is 1.07 bits per heavy atom. The Labute approximate surface area is 185 Å². The van der Waals surface area contributed by atoms with Crippen molar-refractivity contribution in [1.82, 2.24) is 19.6 Å². The molecule has 4 atom stereocenters. The molecule has 3 aliphatic rings. The Hall–Kier alpha value is -0.0717. The van der Waals surface area contributed by atoms with E-state index >= 15 is 0 Å². The van der Waals surface area contributed by atoms with Crippen LogP contribution in [0.25, 0.3) is 0 Å². The van der Waals surface area contributed by atoms with Gasteiger partial charge >= 0.3 is 21.1 Å². The summed E-state index contributed by atoms with van der Waals surface area (Å²) in [4.78, 5) is 12.5. The molecule has 2 fully saturated rings. The first-order valence-corrected chi connectivity index (χ1v) is 11.2. The molecule has 7 heteroatoms. The Bertz CT molecular complexity index is 631. The molecule has 5 rings (SSSR count). The zero-order chi connectivity index (χ0) is 17.3. The minimum absolute atomic E-state index is 0. The standard InChI is InChI=1S/C20H24N4S2.Pt/c1-3-21-9-17-7-20(26-13-17)12-24-6-2-4-22(16-24)10-18-8-19(25-14-18)11-23(5-1)15-21;/h13-16H,1-6,9-12H2;/q-4;+4. The molecule has 146 valence electrons. The number of fused-ring (bicyclic) bond motifs is 8. The molecule has 4 nitrogen and oxygen atoms in total. The molecule has 8 bridgehead atoms. The van der Waals surface area contributed by atoms with Crippen LogP contribution in [0.4, 0.5) is 0 Å². The average molecular weight is 580 g/mol. The average Bonchev–Trinajstić information content (AvgIpc) is 3.24. The third-order valence-electron chi connectivity index (χ3n) is 5.16. The molecule has 2 aromatic rings. The van der Waals surface area contributed by atoms with Gasteiger partial charge in [-0.15, -0.1) is 0 Å². The van der Waals surface area contributed by atoms with Gasteiger partial charge in [-0.1, -0.05) is 9.75 Å². The van der Waals surface area contributed by atoms with Gasteiger partial charge in [0.1, 0.15) is 0 Å². The van der Waals surface area contributed by atoms with Crippen molar-refractivity contribution in [2.75, 3.05) is 26.2 Å². The molecule has 5 heterocycles. The van der Waals surface area contributed by atoms with Crippen molar-refractivity contribution in [2.45, 2.75) is 39.0 Å². The van der Waals surface area contributed by atoms with Gasteiger partial charge in [-0.05, 0) is 65.2 Å². The summed E-state index contributed by atoms with van der Waals surface area (Å²) in [5.74, 6) is 0. The topological polar surface area (TPSA) is 13.0 Å². The van der Waals surface area contributed by atoms with Crippen LogP contribution in [0.5, 0.6) is 0 Å². The molecule has 0 aliphatic carbocycles. The van der Waals surface area contributed by atoms with E-state index < -0.39 is 0 Å². The second-order valence-electron chi connectivity index (χ2n) is 7.44. The van der Waals surface area contributed by atoms with Crippen molar-refractivity contribution < 1.29 is 21.1 Å². The molecule has 2 saturated heterocycles. The number of nitrogens with zero attached hydrogens (tertiary/aromatic N) is 4. The summed E-state index contributed by atoms with van der Waals surface area (Å²) in [6, 6.07) is 7.31. The van der Waals surface area contributed by atoms with Crippen LogP contribution < -0.4 is 0 Å². The summed E-state index contributed by atoms with van der Waals surface area (Å²) in [5.41, 5.74) is 2.66. The summed E-state index contributed by atoms with van der Waals surface area (Å²) in [7, 11) is 0. The van der Waals surface area contributed by atoms with Crippen LogP contribution in [0.15, 0.2) is 10.8 Å². The van der Waals surface area contributed by atoms with E-state index in [4.69, 9.17) is 0 Å². The predicted molar refractivity (Wildman–Crippen MR) is 106 cm³/mol. The fourth-order valence-corrected chi connectivity index (χ4v) is 5.70. The summed E-state index contributed by atoms with van der Waals surface area (Å²) in [5, 5.41) is 4.59. The van der Waals surface area contributed by atoms with Gasteiger partial charge in [0.2, 0.25) is 0 Å². The monoisotopic (exact) mass is 579 g/mol. The van der Waals surface area contributed by atoms with Crippen molar-refractivity contribution in [3.63, 3.8) is 0 Å². The SMILES string of the molecule is [Pt+4].[c-]1c2csc1CN1[CH-]N(CCC1)Cc1[c-]c(sc1)CN1[CH-]N(CCC1)C2. The summed E-state index contributed by atoms with van der Waals surface area (Å²) >= 11 is 3.71. The molecule has 0 spiro atoms. The Kier molecular flexibility index (Phi) is 6.86. The minimum atomic E-state index is 0. The molecule has 0 aromatic carbocycles. The van der Waals surface area contributed by atoms with Gasteiger partial charge in [0.15, 0.2) is 0 Å². The number of thiophene rings is 2. The first-order valence-electron chi connectivity index (χ1n) is 9.43. The summed E-state index contributed by atoms with van der Waals surface area (Å²) in [6.45, 7) is 13.1. The van der Waals surface area contributed by atoms with E-state index in [-0.39, 0.29) is 21.1 Å². The van der Waals surface area contributed by atoms with Crippen LogP contribution in [0, 0.1) is 25.5 Å². The maximum absolute atomic E-state index is 3.66. The van der Waals surface area contributed by atoms with Crippen LogP contribution in [0.2, 0.25) is 0 Å². The Balaban J connectivity index is 0.00000180. The van der Waals surface area contributed by atoms with Gasteiger partial charge in [0.25, 0.3) is 0 Å². The number of hydrogen-bond donors (Lipinski definition) is 0. The molecule has 27 heavy (non-hydrogen) atoms. The van der Waals surface area contributed by atoms with Crippen molar-refractivity contribution >= 4 is 22.7 Å². The second kappa shape index (κ2) is 9.17. The van der Waals surface area contributed by atoms with Crippen LogP contribution >= 0.6 is 22.7 Å². The first kappa shape index (κ1) is 20.2. The zero-order valence-corrected chi connectivity index (χ0v) is 19.2. The Morgan fingerprint density at radius 3 is 1.52 bits per heavy atom. The Morgan fingerprint density at radius 1 is 0.667 bits per heavy atom. The molecule has 4 unspecified atom stereocenters. The predicted octanol–water partition coefficient (Wildman–Crippen LogP) is 3.38. The quantitative estimate of drug-likeness (QED) is 0.444. The van der Waals surface area contributed by atoms with Gasteiger partial charge in [0, 0.05) is 0 Å². The maximum Gasteiger partial charge on any atom is 4.00 e. The molecule has 0 amide bonds. The van der Waals surface area contributed by atoms with E-state index in [0.717, 1.165) is 52.4 Å². The second-order valence-corrected chi connectivity index (χ2v) is 9.37. The van der Waals surface area contributed by atoms with E-state index in [1.807, 2.05) is 22.7 Å². The fraction of sp³-hybridized carbons (Fsp3) is 0.500. The van der Waals surface area contributed by atoms with Crippen molar-refractivity contribution in [1.29, 1.82) is 0 Å². The van der Waals surface area contributed by atoms with Gasteiger partial charge in [0.05, 0.1) is 0 Å². The molecule has 0 saturated carbocycles. The van der Waals surface area contributed by atoms with Gasteiger partial charge in [-0.2, -0.15) is 21.9 Å². The van der Waals surface area contributed by atoms with Crippen LogP contribution in [0.3, 0.4) is 0 Å². The van der Waals surface area contributed by atoms with Crippen LogP contribution in [0.1, 0.15) is 33.7 Å². The minimum Gasteiger partial charge on any atom is -0.441 e. The van der Waals surface area contributed by atoms with Gasteiger partial charge in [-0.3, -0.25) is 22.7 Å². The molecule has 3 aliphatic heterocycles. The van der Waals surface area contributed by atoms with Crippen LogP contribution in [-0.2, 0) is 47.2 Å². The third-order valence-corrected chi connectivity index (χ3v) is 7.00. The van der Waals surface area contributed by atoms with Crippen molar-refractivity contribution in [3.05, 3.63) is 57.1 Å². The third kappa shape index (κ3) is 5.10.